The average Bonchev–Trinajstić information content (AvgIpc) is 2.76. The number of aromatic nitrogens is 2. The molecule has 1 aliphatic rings. The lowest BCUT2D eigenvalue weighted by molar-refractivity contribution is -0.133. The molecule has 1 aliphatic heterocycles. The fourth-order valence-corrected chi connectivity index (χ4v) is 4.05. The maximum absolute atomic E-state index is 12.8. The topological polar surface area (TPSA) is 72.3 Å². The molecule has 0 bridgehead atoms. The number of benzene rings is 2. The molecule has 3 aromatic rings. The molecule has 2 heterocycles. The zero-order chi connectivity index (χ0) is 21.3. The van der Waals surface area contributed by atoms with Gasteiger partial charge in [-0.1, -0.05) is 42.0 Å². The summed E-state index contributed by atoms with van der Waals surface area (Å²) in [5, 5.41) is 0.512. The van der Waals surface area contributed by atoms with Crippen LogP contribution in [0.1, 0.15) is 34.6 Å². The molecule has 0 aliphatic carbocycles. The van der Waals surface area contributed by atoms with Crippen LogP contribution in [0.4, 0.5) is 0 Å². The summed E-state index contributed by atoms with van der Waals surface area (Å²) >= 11 is 0. The van der Waals surface area contributed by atoms with Gasteiger partial charge < -0.3 is 4.90 Å². The number of carbonyl (C=O) groups excluding carboxylic acids is 2. The summed E-state index contributed by atoms with van der Waals surface area (Å²) in [5.74, 6) is 0.492. The van der Waals surface area contributed by atoms with E-state index >= 15 is 0 Å². The first-order valence-corrected chi connectivity index (χ1v) is 10.3. The van der Waals surface area contributed by atoms with Gasteiger partial charge in [-0.25, -0.2) is 4.98 Å². The van der Waals surface area contributed by atoms with Crippen LogP contribution in [0.25, 0.3) is 10.9 Å². The number of carbonyl (C=O) groups is 2. The predicted molar refractivity (Wildman–Crippen MR) is 116 cm³/mol. The molecule has 0 atom stereocenters. The van der Waals surface area contributed by atoms with E-state index in [1.807, 2.05) is 37.3 Å². The second kappa shape index (κ2) is 8.22. The smallest absolute Gasteiger partial charge is 0.261 e. The maximum Gasteiger partial charge on any atom is 0.261 e. The summed E-state index contributed by atoms with van der Waals surface area (Å²) in [6.07, 6.45) is 1.28. The van der Waals surface area contributed by atoms with Gasteiger partial charge in [0.1, 0.15) is 12.4 Å². The van der Waals surface area contributed by atoms with Gasteiger partial charge in [0.25, 0.3) is 5.56 Å². The summed E-state index contributed by atoms with van der Waals surface area (Å²) < 4.78 is 1.44. The molecule has 6 nitrogen and oxygen atoms in total. The number of para-hydroxylation sites is 1. The molecule has 0 spiro atoms. The van der Waals surface area contributed by atoms with Crippen molar-refractivity contribution in [1.29, 1.82) is 0 Å². The first kappa shape index (κ1) is 20.0. The molecule has 2 aromatic carbocycles. The van der Waals surface area contributed by atoms with E-state index < -0.39 is 0 Å². The van der Waals surface area contributed by atoms with Crippen molar-refractivity contribution in [3.8, 4) is 0 Å². The monoisotopic (exact) mass is 403 g/mol. The summed E-state index contributed by atoms with van der Waals surface area (Å²) in [7, 11) is 0. The Morgan fingerprint density at radius 3 is 2.37 bits per heavy atom. The van der Waals surface area contributed by atoms with Gasteiger partial charge >= 0.3 is 0 Å². The number of piperidine rings is 1. The van der Waals surface area contributed by atoms with Crippen molar-refractivity contribution in [2.24, 2.45) is 5.92 Å². The van der Waals surface area contributed by atoms with Crippen molar-refractivity contribution >= 4 is 22.6 Å². The van der Waals surface area contributed by atoms with Crippen molar-refractivity contribution in [2.45, 2.75) is 33.2 Å². The highest BCUT2D eigenvalue weighted by Gasteiger charge is 2.28. The third kappa shape index (κ3) is 3.90. The van der Waals surface area contributed by atoms with Crippen LogP contribution in [-0.4, -0.2) is 39.2 Å². The van der Waals surface area contributed by atoms with Crippen molar-refractivity contribution in [3.05, 3.63) is 75.8 Å². The van der Waals surface area contributed by atoms with E-state index in [1.165, 1.54) is 4.57 Å². The fraction of sp³-hybridized carbons (Fsp3) is 0.333. The van der Waals surface area contributed by atoms with Gasteiger partial charge in [-0.2, -0.15) is 0 Å². The largest absolute Gasteiger partial charge is 0.341 e. The second-order valence-corrected chi connectivity index (χ2v) is 7.95. The van der Waals surface area contributed by atoms with Gasteiger partial charge in [-0.3, -0.25) is 19.0 Å². The fourth-order valence-electron chi connectivity index (χ4n) is 4.05. The van der Waals surface area contributed by atoms with Crippen LogP contribution in [0.2, 0.25) is 0 Å². The van der Waals surface area contributed by atoms with Gasteiger partial charge in [0.15, 0.2) is 5.78 Å². The van der Waals surface area contributed by atoms with Crippen molar-refractivity contribution in [2.75, 3.05) is 13.1 Å². The lowest BCUT2D eigenvalue weighted by Gasteiger charge is -2.31. The van der Waals surface area contributed by atoms with Crippen molar-refractivity contribution in [1.82, 2.24) is 14.5 Å². The van der Waals surface area contributed by atoms with Crippen LogP contribution in [0, 0.1) is 19.8 Å². The molecular formula is C24H25N3O3. The molecule has 1 aromatic heterocycles. The molecule has 6 heteroatoms. The zero-order valence-corrected chi connectivity index (χ0v) is 17.3. The normalized spacial score (nSPS) is 14.8. The number of Topliss-reactive ketones (excluding diaryl/α,β-unsaturated/α-hetero) is 1. The van der Waals surface area contributed by atoms with E-state index in [-0.39, 0.29) is 29.7 Å². The number of amides is 1. The van der Waals surface area contributed by atoms with Gasteiger partial charge in [0, 0.05) is 24.6 Å². The van der Waals surface area contributed by atoms with Gasteiger partial charge in [-0.15, -0.1) is 0 Å². The highest BCUT2D eigenvalue weighted by Crippen LogP contribution is 2.22. The number of fused-ring (bicyclic) bond motifs is 1. The minimum absolute atomic E-state index is 0.0287. The maximum atomic E-state index is 12.8. The number of rotatable bonds is 4. The SMILES string of the molecule is Cc1ccc(C(=O)C2CCN(C(=O)Cn3c(C)nc4ccccc4c3=O)CC2)cc1. The van der Waals surface area contributed by atoms with E-state index in [0.717, 1.165) is 11.1 Å². The van der Waals surface area contributed by atoms with Crippen LogP contribution in [0.5, 0.6) is 0 Å². The van der Waals surface area contributed by atoms with Gasteiger partial charge in [-0.05, 0) is 38.8 Å². The summed E-state index contributed by atoms with van der Waals surface area (Å²) in [6, 6.07) is 14.8. The minimum Gasteiger partial charge on any atom is -0.341 e. The number of nitrogens with zero attached hydrogens (tertiary/aromatic N) is 3. The number of hydrogen-bond donors (Lipinski definition) is 0. The van der Waals surface area contributed by atoms with Gasteiger partial charge in [0.2, 0.25) is 5.91 Å². The molecule has 0 unspecified atom stereocenters. The molecular weight excluding hydrogens is 378 g/mol. The molecule has 0 saturated carbocycles. The summed E-state index contributed by atoms with van der Waals surface area (Å²) in [5.41, 5.74) is 2.30. The van der Waals surface area contributed by atoms with Crippen LogP contribution in [0.15, 0.2) is 53.3 Å². The highest BCUT2D eigenvalue weighted by atomic mass is 16.2. The Kier molecular flexibility index (Phi) is 5.48. The Morgan fingerprint density at radius 2 is 1.67 bits per heavy atom. The third-order valence-corrected chi connectivity index (χ3v) is 5.90. The lowest BCUT2D eigenvalue weighted by Crippen LogP contribution is -2.43. The van der Waals surface area contributed by atoms with Crippen molar-refractivity contribution in [3.63, 3.8) is 0 Å². The van der Waals surface area contributed by atoms with E-state index in [1.54, 1.807) is 30.0 Å². The quantitative estimate of drug-likeness (QED) is 0.628. The molecule has 1 fully saturated rings. The van der Waals surface area contributed by atoms with Crippen LogP contribution in [-0.2, 0) is 11.3 Å². The molecule has 154 valence electrons. The summed E-state index contributed by atoms with van der Waals surface area (Å²) in [4.78, 5) is 44.6. The van der Waals surface area contributed by atoms with Crippen molar-refractivity contribution < 1.29 is 9.59 Å². The molecule has 30 heavy (non-hydrogen) atoms. The van der Waals surface area contributed by atoms with Crippen LogP contribution >= 0.6 is 0 Å². The number of hydrogen-bond acceptors (Lipinski definition) is 4. The molecule has 0 radical (unpaired) electrons. The Morgan fingerprint density at radius 1 is 1.00 bits per heavy atom. The van der Waals surface area contributed by atoms with E-state index in [4.69, 9.17) is 0 Å². The average molecular weight is 403 g/mol. The lowest BCUT2D eigenvalue weighted by atomic mass is 9.88. The van der Waals surface area contributed by atoms with E-state index in [2.05, 4.69) is 4.98 Å². The molecule has 1 amide bonds. The van der Waals surface area contributed by atoms with E-state index in [9.17, 15) is 14.4 Å². The first-order chi connectivity index (χ1) is 14.4. The minimum atomic E-state index is -0.198. The Bertz CT molecular complexity index is 1160. The van der Waals surface area contributed by atoms with E-state index in [0.29, 0.717) is 42.7 Å². The Balaban J connectivity index is 1.43. The number of likely N-dealkylation sites (tertiary alicyclic amines) is 1. The molecule has 0 N–H and O–H groups in total. The predicted octanol–water partition coefficient (Wildman–Crippen LogP) is 3.13. The van der Waals surface area contributed by atoms with Crippen LogP contribution in [0.3, 0.4) is 0 Å². The van der Waals surface area contributed by atoms with Gasteiger partial charge in [0.05, 0.1) is 10.9 Å². The Hall–Kier alpha value is -3.28. The van der Waals surface area contributed by atoms with Crippen LogP contribution < -0.4 is 5.56 Å². The zero-order valence-electron chi connectivity index (χ0n) is 17.3. The number of ketones is 1. The molecule has 1 saturated heterocycles. The molecule has 4 rings (SSSR count). The number of aryl methyl sites for hydroxylation is 2. The summed E-state index contributed by atoms with van der Waals surface area (Å²) in [6.45, 7) is 4.76. The first-order valence-electron chi connectivity index (χ1n) is 10.3. The third-order valence-electron chi connectivity index (χ3n) is 5.90. The standard InChI is InChI=1S/C24H25N3O3/c1-16-7-9-18(10-8-16)23(29)19-11-13-26(14-12-19)22(28)15-27-17(2)25-21-6-4-3-5-20(21)24(27)30/h3-10,19H,11-15H2,1-2H3. The Labute approximate surface area is 175 Å². The highest BCUT2D eigenvalue weighted by molar-refractivity contribution is 5.98. The second-order valence-electron chi connectivity index (χ2n) is 7.95.